The summed E-state index contributed by atoms with van der Waals surface area (Å²) in [5, 5.41) is 1.27. The molecule has 0 aliphatic heterocycles. The summed E-state index contributed by atoms with van der Waals surface area (Å²) >= 11 is 6.11. The van der Waals surface area contributed by atoms with Crippen LogP contribution in [0, 0.1) is 5.92 Å². The van der Waals surface area contributed by atoms with Crippen molar-refractivity contribution in [2.24, 2.45) is 5.92 Å². The molecule has 0 atom stereocenters. The van der Waals surface area contributed by atoms with E-state index in [1.54, 1.807) is 22.8 Å². The fourth-order valence-electron chi connectivity index (χ4n) is 2.36. The van der Waals surface area contributed by atoms with Crippen LogP contribution in [0.3, 0.4) is 0 Å². The van der Waals surface area contributed by atoms with E-state index in [0.717, 1.165) is 5.39 Å². The number of halogens is 1. The molecule has 0 unspecified atom stereocenters. The van der Waals surface area contributed by atoms with E-state index in [1.807, 2.05) is 12.1 Å². The highest BCUT2D eigenvalue weighted by atomic mass is 35.5. The van der Waals surface area contributed by atoms with Gasteiger partial charge in [0.25, 0.3) is 10.0 Å². The molecule has 0 saturated heterocycles. The van der Waals surface area contributed by atoms with Crippen LogP contribution >= 0.6 is 11.6 Å². The number of nitrogens with zero attached hydrogens (tertiary/aromatic N) is 3. The van der Waals surface area contributed by atoms with Crippen LogP contribution in [0.25, 0.3) is 10.9 Å². The molecule has 0 spiro atoms. The van der Waals surface area contributed by atoms with Gasteiger partial charge in [0.05, 0.1) is 16.9 Å². The number of pyridine rings is 1. The number of para-hydroxylation sites is 1. The van der Waals surface area contributed by atoms with E-state index >= 15 is 0 Å². The molecule has 0 radical (unpaired) electrons. The molecule has 0 aliphatic rings. The lowest BCUT2D eigenvalue weighted by atomic mass is 10.2. The first-order valence-electron chi connectivity index (χ1n) is 7.45. The van der Waals surface area contributed by atoms with Crippen LogP contribution in [0.1, 0.15) is 13.8 Å². The monoisotopic (exact) mass is 364 g/mol. The summed E-state index contributed by atoms with van der Waals surface area (Å²) < 4.78 is 29.1. The maximum Gasteiger partial charge on any atom is 0.282 e. The van der Waals surface area contributed by atoms with Crippen LogP contribution in [-0.4, -0.2) is 23.0 Å². The Kier molecular flexibility index (Phi) is 4.47. The van der Waals surface area contributed by atoms with Crippen molar-refractivity contribution in [2.75, 3.05) is 4.72 Å². The van der Waals surface area contributed by atoms with Crippen molar-refractivity contribution in [1.29, 1.82) is 0 Å². The zero-order valence-electron chi connectivity index (χ0n) is 13.3. The number of nitrogens with one attached hydrogen (secondary N) is 1. The third-order valence-electron chi connectivity index (χ3n) is 3.37. The first-order valence-corrected chi connectivity index (χ1v) is 9.31. The van der Waals surface area contributed by atoms with Crippen molar-refractivity contribution in [3.8, 4) is 0 Å². The Morgan fingerprint density at radius 3 is 2.79 bits per heavy atom. The number of hydrogen-bond acceptors (Lipinski definition) is 4. The van der Waals surface area contributed by atoms with Crippen LogP contribution < -0.4 is 4.72 Å². The predicted octanol–water partition coefficient (Wildman–Crippen LogP) is 3.54. The van der Waals surface area contributed by atoms with E-state index < -0.39 is 10.0 Å². The molecule has 2 heterocycles. The van der Waals surface area contributed by atoms with E-state index in [9.17, 15) is 8.42 Å². The third kappa shape index (κ3) is 3.52. The van der Waals surface area contributed by atoms with Crippen LogP contribution in [0.15, 0.2) is 47.9 Å². The van der Waals surface area contributed by atoms with Crippen LogP contribution in [0.4, 0.5) is 5.82 Å². The third-order valence-corrected chi connectivity index (χ3v) is 4.92. The van der Waals surface area contributed by atoms with E-state index in [4.69, 9.17) is 11.6 Å². The van der Waals surface area contributed by atoms with Crippen molar-refractivity contribution in [3.05, 3.63) is 47.9 Å². The zero-order chi connectivity index (χ0) is 17.3. The molecule has 0 aliphatic carbocycles. The second-order valence-corrected chi connectivity index (χ2v) is 7.95. The van der Waals surface area contributed by atoms with E-state index in [-0.39, 0.29) is 10.8 Å². The number of aromatic nitrogens is 3. The van der Waals surface area contributed by atoms with Crippen LogP contribution in [0.5, 0.6) is 0 Å². The standard InChI is InChI=1S/C16H17ClN4O2S/c1-11(2)8-21-9-15(18-10-21)24(22,23)20-14-7-6-12-4-3-5-13(17)16(12)19-14/h3-7,9-11H,8H2,1-2H3,(H,19,20). The molecule has 1 aromatic carbocycles. The molecule has 0 fully saturated rings. The minimum absolute atomic E-state index is 0.0378. The van der Waals surface area contributed by atoms with E-state index in [1.165, 1.54) is 12.5 Å². The quantitative estimate of drug-likeness (QED) is 0.751. The van der Waals surface area contributed by atoms with Crippen LogP contribution in [0.2, 0.25) is 5.02 Å². The first kappa shape index (κ1) is 16.7. The number of imidazole rings is 1. The molecule has 0 amide bonds. The number of benzene rings is 1. The van der Waals surface area contributed by atoms with Gasteiger partial charge in [-0.25, -0.2) is 9.97 Å². The molecule has 8 heteroatoms. The second kappa shape index (κ2) is 6.41. The molecule has 126 valence electrons. The summed E-state index contributed by atoms with van der Waals surface area (Å²) in [5.41, 5.74) is 0.546. The highest BCUT2D eigenvalue weighted by molar-refractivity contribution is 7.92. The molecular formula is C16H17ClN4O2S. The topological polar surface area (TPSA) is 76.9 Å². The van der Waals surface area contributed by atoms with E-state index in [2.05, 4.69) is 28.5 Å². The molecule has 2 aromatic heterocycles. The predicted molar refractivity (Wildman–Crippen MR) is 94.6 cm³/mol. The molecule has 3 rings (SSSR count). The number of hydrogen-bond donors (Lipinski definition) is 1. The summed E-state index contributed by atoms with van der Waals surface area (Å²) in [7, 11) is -3.80. The zero-order valence-corrected chi connectivity index (χ0v) is 14.8. The highest BCUT2D eigenvalue weighted by Crippen LogP contribution is 2.24. The maximum atomic E-state index is 12.5. The van der Waals surface area contributed by atoms with Gasteiger partial charge in [-0.15, -0.1) is 0 Å². The van der Waals surface area contributed by atoms with Gasteiger partial charge < -0.3 is 4.57 Å². The summed E-state index contributed by atoms with van der Waals surface area (Å²) in [4.78, 5) is 8.26. The van der Waals surface area contributed by atoms with Crippen molar-refractivity contribution >= 4 is 38.3 Å². The minimum Gasteiger partial charge on any atom is -0.336 e. The maximum absolute atomic E-state index is 12.5. The lowest BCUT2D eigenvalue weighted by Gasteiger charge is -2.07. The van der Waals surface area contributed by atoms with Gasteiger partial charge >= 0.3 is 0 Å². The van der Waals surface area contributed by atoms with Crippen LogP contribution in [-0.2, 0) is 16.6 Å². The second-order valence-electron chi connectivity index (χ2n) is 5.92. The average Bonchev–Trinajstić information content (AvgIpc) is 2.96. The molecule has 1 N–H and O–H groups in total. The Labute approximate surface area is 145 Å². The normalized spacial score (nSPS) is 12.0. The molecular weight excluding hydrogens is 348 g/mol. The number of sulfonamides is 1. The van der Waals surface area contributed by atoms with Gasteiger partial charge in [0.1, 0.15) is 5.82 Å². The van der Waals surface area contributed by atoms with Crippen molar-refractivity contribution in [2.45, 2.75) is 25.4 Å². The van der Waals surface area contributed by atoms with Gasteiger partial charge in [0.15, 0.2) is 5.03 Å². The Balaban J connectivity index is 1.89. The van der Waals surface area contributed by atoms with Crippen molar-refractivity contribution in [3.63, 3.8) is 0 Å². The fourth-order valence-corrected chi connectivity index (χ4v) is 3.54. The SMILES string of the molecule is CC(C)Cn1cnc(S(=O)(=O)Nc2ccc3cccc(Cl)c3n2)c1. The fraction of sp³-hybridized carbons (Fsp3) is 0.250. The Hall–Kier alpha value is -2.12. The first-order chi connectivity index (χ1) is 11.3. The largest absolute Gasteiger partial charge is 0.336 e. The van der Waals surface area contributed by atoms with Gasteiger partial charge in [-0.3, -0.25) is 4.72 Å². The number of anilines is 1. The summed E-state index contributed by atoms with van der Waals surface area (Å²) in [5.74, 6) is 0.598. The molecule has 0 saturated carbocycles. The lowest BCUT2D eigenvalue weighted by molar-refractivity contribution is 0.522. The Morgan fingerprint density at radius 2 is 2.04 bits per heavy atom. The molecule has 0 bridgehead atoms. The van der Waals surface area contributed by atoms with Gasteiger partial charge in [-0.05, 0) is 24.1 Å². The van der Waals surface area contributed by atoms with Gasteiger partial charge in [0.2, 0.25) is 0 Å². The van der Waals surface area contributed by atoms with E-state index in [0.29, 0.717) is 23.0 Å². The number of rotatable bonds is 5. The Bertz CT molecular complexity index is 983. The highest BCUT2D eigenvalue weighted by Gasteiger charge is 2.18. The van der Waals surface area contributed by atoms with Crippen molar-refractivity contribution in [1.82, 2.24) is 14.5 Å². The minimum atomic E-state index is -3.80. The summed E-state index contributed by atoms with van der Waals surface area (Å²) in [6.07, 6.45) is 3.02. The average molecular weight is 365 g/mol. The Morgan fingerprint density at radius 1 is 1.25 bits per heavy atom. The summed E-state index contributed by atoms with van der Waals surface area (Å²) in [6, 6.07) is 8.76. The van der Waals surface area contributed by atoms with Gasteiger partial charge in [-0.2, -0.15) is 8.42 Å². The smallest absolute Gasteiger partial charge is 0.282 e. The number of fused-ring (bicyclic) bond motifs is 1. The molecule has 3 aromatic rings. The van der Waals surface area contributed by atoms with Gasteiger partial charge in [0, 0.05) is 18.1 Å². The lowest BCUT2D eigenvalue weighted by Crippen LogP contribution is -2.14. The van der Waals surface area contributed by atoms with Crippen molar-refractivity contribution < 1.29 is 8.42 Å². The molecule has 6 nitrogen and oxygen atoms in total. The summed E-state index contributed by atoms with van der Waals surface area (Å²) in [6.45, 7) is 4.80. The molecule has 24 heavy (non-hydrogen) atoms. The van der Waals surface area contributed by atoms with Gasteiger partial charge in [-0.1, -0.05) is 37.6 Å².